The lowest BCUT2D eigenvalue weighted by Crippen LogP contribution is -2.14. The van der Waals surface area contributed by atoms with Crippen LogP contribution in [0.15, 0.2) is 51.1 Å². The summed E-state index contributed by atoms with van der Waals surface area (Å²) in [5.41, 5.74) is 3.05. The third-order valence-corrected chi connectivity index (χ3v) is 4.94. The van der Waals surface area contributed by atoms with Crippen LogP contribution in [0, 0.1) is 11.3 Å². The smallest absolute Gasteiger partial charge is 0.256 e. The van der Waals surface area contributed by atoms with Crippen molar-refractivity contribution in [2.24, 2.45) is 5.10 Å². The Hall–Kier alpha value is -1.88. The number of hydrogen-bond acceptors (Lipinski definition) is 6. The largest absolute Gasteiger partial charge is 0.277 e. The molecule has 102 valence electrons. The maximum Gasteiger partial charge on any atom is 0.256 e. The van der Waals surface area contributed by atoms with E-state index in [1.807, 2.05) is 0 Å². The van der Waals surface area contributed by atoms with Gasteiger partial charge in [0.1, 0.15) is 6.07 Å². The molecule has 8 heteroatoms. The molecule has 0 aliphatic rings. The molecule has 0 saturated carbocycles. The summed E-state index contributed by atoms with van der Waals surface area (Å²) in [6.45, 7) is 0. The molecule has 1 N–H and O–H groups in total. The summed E-state index contributed by atoms with van der Waals surface area (Å²) in [7, 11) is -3.88. The minimum Gasteiger partial charge on any atom is -0.277 e. The fraction of sp³-hybridized carbons (Fsp3) is 0. The van der Waals surface area contributed by atoms with E-state index in [9.17, 15) is 8.42 Å². The molecule has 1 heterocycles. The molecule has 2 rings (SSSR count). The number of sulfone groups is 1. The highest BCUT2D eigenvalue weighted by atomic mass is 35.5. The molecule has 0 fully saturated rings. The highest BCUT2D eigenvalue weighted by Gasteiger charge is 2.23. The van der Waals surface area contributed by atoms with E-state index in [0.29, 0.717) is 10.7 Å². The minimum atomic E-state index is -3.88. The number of rotatable bonds is 3. The predicted molar refractivity (Wildman–Crippen MR) is 79.6 cm³/mol. The van der Waals surface area contributed by atoms with Crippen molar-refractivity contribution in [3.63, 3.8) is 0 Å². The number of nitrogens with zero attached hydrogens (tertiary/aromatic N) is 2. The zero-order valence-corrected chi connectivity index (χ0v) is 12.3. The summed E-state index contributed by atoms with van der Waals surface area (Å²) in [5, 5.41) is 15.6. The number of anilines is 1. The second-order valence-corrected chi connectivity index (χ2v) is 6.69. The van der Waals surface area contributed by atoms with Crippen LogP contribution in [0.4, 0.5) is 5.69 Å². The number of thiophene rings is 1. The molecule has 1 aromatic heterocycles. The van der Waals surface area contributed by atoms with E-state index in [4.69, 9.17) is 16.9 Å². The predicted octanol–water partition coefficient (Wildman–Crippen LogP) is 3.12. The molecule has 0 unspecified atom stereocenters. The summed E-state index contributed by atoms with van der Waals surface area (Å²) >= 11 is 6.96. The van der Waals surface area contributed by atoms with Crippen LogP contribution in [0.1, 0.15) is 0 Å². The Morgan fingerprint density at radius 2 is 2.00 bits per heavy atom. The topological polar surface area (TPSA) is 82.3 Å². The van der Waals surface area contributed by atoms with Crippen LogP contribution in [-0.4, -0.2) is 13.5 Å². The first kappa shape index (κ1) is 14.5. The van der Waals surface area contributed by atoms with Crippen molar-refractivity contribution in [2.75, 3.05) is 5.43 Å². The van der Waals surface area contributed by atoms with E-state index in [2.05, 4.69) is 10.5 Å². The molecule has 0 aliphatic carbocycles. The number of nitriles is 1. The highest BCUT2D eigenvalue weighted by molar-refractivity contribution is 8.07. The van der Waals surface area contributed by atoms with Crippen molar-refractivity contribution in [1.29, 1.82) is 5.26 Å². The van der Waals surface area contributed by atoms with Crippen molar-refractivity contribution >= 4 is 43.5 Å². The molecule has 0 atom stereocenters. The van der Waals surface area contributed by atoms with Crippen molar-refractivity contribution in [2.45, 2.75) is 4.90 Å². The summed E-state index contributed by atoms with van der Waals surface area (Å²) in [4.78, 5) is 0.0562. The Morgan fingerprint density at radius 3 is 2.55 bits per heavy atom. The first-order chi connectivity index (χ1) is 9.54. The van der Waals surface area contributed by atoms with Crippen LogP contribution < -0.4 is 5.43 Å². The van der Waals surface area contributed by atoms with Crippen LogP contribution in [-0.2, 0) is 9.84 Å². The third kappa shape index (κ3) is 3.17. The van der Waals surface area contributed by atoms with Crippen molar-refractivity contribution in [3.8, 4) is 6.07 Å². The number of benzene rings is 1. The number of hydrogen-bond donors (Lipinski definition) is 1. The van der Waals surface area contributed by atoms with Gasteiger partial charge >= 0.3 is 0 Å². The minimum absolute atomic E-state index is 0.0562. The zero-order valence-electron chi connectivity index (χ0n) is 9.95. The molecule has 0 saturated heterocycles. The van der Waals surface area contributed by atoms with E-state index in [1.54, 1.807) is 35.7 Å². The number of hydrazone groups is 1. The Kier molecular flexibility index (Phi) is 4.39. The van der Waals surface area contributed by atoms with Gasteiger partial charge in [0, 0.05) is 10.4 Å². The molecule has 0 radical (unpaired) electrons. The Morgan fingerprint density at radius 1 is 1.30 bits per heavy atom. The van der Waals surface area contributed by atoms with Gasteiger partial charge in [-0.25, -0.2) is 8.42 Å². The summed E-state index contributed by atoms with van der Waals surface area (Å²) in [6.07, 6.45) is 0. The van der Waals surface area contributed by atoms with Crippen LogP contribution in [0.5, 0.6) is 0 Å². The molecule has 1 aromatic carbocycles. The van der Waals surface area contributed by atoms with Crippen LogP contribution in [0.3, 0.4) is 0 Å². The van der Waals surface area contributed by atoms with Gasteiger partial charge in [-0.2, -0.15) is 21.7 Å². The van der Waals surface area contributed by atoms with E-state index in [1.165, 1.54) is 22.8 Å². The Bertz CT molecular complexity index is 760. The molecule has 0 aliphatic heterocycles. The second kappa shape index (κ2) is 6.05. The molecule has 5 nitrogen and oxygen atoms in total. The summed E-state index contributed by atoms with van der Waals surface area (Å²) in [5.74, 6) is 0. The van der Waals surface area contributed by atoms with Gasteiger partial charge in [0.05, 0.1) is 10.6 Å². The molecule has 0 spiro atoms. The van der Waals surface area contributed by atoms with Gasteiger partial charge in [0.25, 0.3) is 5.04 Å². The fourth-order valence-electron chi connectivity index (χ4n) is 1.30. The first-order valence-corrected chi connectivity index (χ1v) is 8.11. The van der Waals surface area contributed by atoms with Gasteiger partial charge in [-0.05, 0) is 35.7 Å². The summed E-state index contributed by atoms with van der Waals surface area (Å²) in [6, 6.07) is 9.51. The maximum atomic E-state index is 12.1. The molecular formula is C12H8ClN3O2S2. The van der Waals surface area contributed by atoms with Gasteiger partial charge in [-0.15, -0.1) is 0 Å². The van der Waals surface area contributed by atoms with Gasteiger partial charge in [0.2, 0.25) is 9.84 Å². The Balaban J connectivity index is 2.27. The van der Waals surface area contributed by atoms with Gasteiger partial charge in [-0.3, -0.25) is 5.43 Å². The van der Waals surface area contributed by atoms with E-state index >= 15 is 0 Å². The van der Waals surface area contributed by atoms with Crippen LogP contribution in [0.25, 0.3) is 0 Å². The summed E-state index contributed by atoms with van der Waals surface area (Å²) < 4.78 is 24.2. The van der Waals surface area contributed by atoms with Gasteiger partial charge in [-0.1, -0.05) is 11.6 Å². The van der Waals surface area contributed by atoms with Crippen LogP contribution in [0.2, 0.25) is 5.02 Å². The molecular weight excluding hydrogens is 318 g/mol. The SMILES string of the molecule is N#CC(=NNc1ccc(Cl)cc1)S(=O)(=O)c1ccsc1. The molecule has 2 aromatic rings. The number of halogens is 1. The van der Waals surface area contributed by atoms with Crippen molar-refractivity contribution < 1.29 is 8.42 Å². The van der Waals surface area contributed by atoms with Gasteiger partial charge in [0.15, 0.2) is 0 Å². The standard InChI is InChI=1S/C12H8ClN3O2S2/c13-9-1-3-10(4-2-9)15-16-12(7-14)20(17,18)11-5-6-19-8-11/h1-6,8,15H. The highest BCUT2D eigenvalue weighted by Crippen LogP contribution is 2.17. The lowest BCUT2D eigenvalue weighted by atomic mass is 10.3. The molecule has 0 bridgehead atoms. The van der Waals surface area contributed by atoms with Crippen LogP contribution >= 0.6 is 22.9 Å². The van der Waals surface area contributed by atoms with E-state index in [-0.39, 0.29) is 4.90 Å². The second-order valence-electron chi connectivity index (χ2n) is 3.61. The third-order valence-electron chi connectivity index (χ3n) is 2.29. The average Bonchev–Trinajstić information content (AvgIpc) is 2.96. The monoisotopic (exact) mass is 325 g/mol. The molecule has 20 heavy (non-hydrogen) atoms. The quantitative estimate of drug-likeness (QED) is 0.534. The fourth-order valence-corrected chi connectivity index (χ4v) is 3.46. The van der Waals surface area contributed by atoms with Crippen molar-refractivity contribution in [1.82, 2.24) is 0 Å². The maximum absolute atomic E-state index is 12.1. The first-order valence-electron chi connectivity index (χ1n) is 5.30. The number of nitrogens with one attached hydrogen (secondary N) is 1. The Labute approximate surface area is 125 Å². The zero-order chi connectivity index (χ0) is 14.6. The van der Waals surface area contributed by atoms with E-state index in [0.717, 1.165) is 0 Å². The van der Waals surface area contributed by atoms with Gasteiger partial charge < -0.3 is 0 Å². The van der Waals surface area contributed by atoms with Crippen molar-refractivity contribution in [3.05, 3.63) is 46.1 Å². The van der Waals surface area contributed by atoms with E-state index < -0.39 is 14.9 Å². The normalized spacial score (nSPS) is 11.9. The lowest BCUT2D eigenvalue weighted by molar-refractivity contribution is 0.607. The average molecular weight is 326 g/mol. The lowest BCUT2D eigenvalue weighted by Gasteiger charge is -2.02. The molecule has 0 amide bonds.